The minimum atomic E-state index is -0.528. The maximum absolute atomic E-state index is 10.5. The van der Waals surface area contributed by atoms with Crippen molar-refractivity contribution in [3.8, 4) is 5.75 Å². The quantitative estimate of drug-likeness (QED) is 0.574. The van der Waals surface area contributed by atoms with Crippen LogP contribution in [0.15, 0.2) is 18.2 Å². The summed E-state index contributed by atoms with van der Waals surface area (Å²) in [5.41, 5.74) is 0.279. The zero-order valence-corrected chi connectivity index (χ0v) is 9.50. The van der Waals surface area contributed by atoms with Gasteiger partial charge in [-0.3, -0.25) is 10.1 Å². The summed E-state index contributed by atoms with van der Waals surface area (Å²) < 4.78 is 5.37. The van der Waals surface area contributed by atoms with E-state index in [1.165, 1.54) is 18.2 Å². The number of aliphatic hydroxyl groups excluding tert-OH is 2. The third-order valence-corrected chi connectivity index (χ3v) is 2.26. The lowest BCUT2D eigenvalue weighted by Gasteiger charge is -2.12. The van der Waals surface area contributed by atoms with Gasteiger partial charge in [-0.15, -0.1) is 0 Å². The van der Waals surface area contributed by atoms with Crippen LogP contribution >= 0.6 is 0 Å². The Morgan fingerprint density at radius 3 is 2.71 bits per heavy atom. The Labute approximate surface area is 98.6 Å². The predicted molar refractivity (Wildman–Crippen MR) is 60.8 cm³/mol. The Hall–Kier alpha value is -1.66. The van der Waals surface area contributed by atoms with Crippen LogP contribution in [-0.2, 0) is 6.61 Å². The van der Waals surface area contributed by atoms with Gasteiger partial charge in [-0.25, -0.2) is 0 Å². The lowest BCUT2D eigenvalue weighted by atomic mass is 10.2. The van der Waals surface area contributed by atoms with Gasteiger partial charge in [-0.2, -0.15) is 0 Å². The smallest absolute Gasteiger partial charge is 0.270 e. The zero-order chi connectivity index (χ0) is 12.8. The molecule has 1 aromatic rings. The van der Waals surface area contributed by atoms with E-state index in [9.17, 15) is 10.1 Å². The molecule has 0 saturated carbocycles. The molecule has 94 valence electrons. The average molecular weight is 241 g/mol. The van der Waals surface area contributed by atoms with E-state index in [1.807, 2.05) is 6.92 Å². The first-order chi connectivity index (χ1) is 8.08. The number of hydrogen-bond acceptors (Lipinski definition) is 5. The van der Waals surface area contributed by atoms with Gasteiger partial charge >= 0.3 is 0 Å². The van der Waals surface area contributed by atoms with Crippen LogP contribution in [0.4, 0.5) is 5.69 Å². The molecule has 0 fully saturated rings. The molecule has 0 saturated heterocycles. The SMILES string of the molecule is CC(CO)COc1ccc([N+](=O)[O-])cc1CO. The van der Waals surface area contributed by atoms with Crippen LogP contribution in [-0.4, -0.2) is 28.4 Å². The van der Waals surface area contributed by atoms with Gasteiger partial charge < -0.3 is 14.9 Å². The van der Waals surface area contributed by atoms with Gasteiger partial charge in [0.05, 0.1) is 18.1 Å². The number of benzene rings is 1. The molecule has 0 bridgehead atoms. The molecule has 0 spiro atoms. The summed E-state index contributed by atoms with van der Waals surface area (Å²) in [6.45, 7) is 1.78. The monoisotopic (exact) mass is 241 g/mol. The molecule has 0 radical (unpaired) electrons. The van der Waals surface area contributed by atoms with Gasteiger partial charge in [-0.1, -0.05) is 6.92 Å². The van der Waals surface area contributed by atoms with Crippen molar-refractivity contribution >= 4 is 5.69 Å². The number of nitro groups is 1. The molecule has 0 heterocycles. The minimum Gasteiger partial charge on any atom is -0.493 e. The fourth-order valence-corrected chi connectivity index (χ4v) is 1.23. The van der Waals surface area contributed by atoms with E-state index in [-0.39, 0.29) is 24.8 Å². The number of nitrogens with zero attached hydrogens (tertiary/aromatic N) is 1. The molecule has 0 aromatic heterocycles. The summed E-state index contributed by atoms with van der Waals surface area (Å²) in [5, 5.41) is 28.5. The first-order valence-electron chi connectivity index (χ1n) is 5.20. The molecule has 1 aromatic carbocycles. The number of nitro benzene ring substituents is 1. The van der Waals surface area contributed by atoms with Crippen LogP contribution in [0.25, 0.3) is 0 Å². The summed E-state index contributed by atoms with van der Waals surface area (Å²) in [4.78, 5) is 10.0. The molecular weight excluding hydrogens is 226 g/mol. The van der Waals surface area contributed by atoms with Crippen LogP contribution in [0.3, 0.4) is 0 Å². The highest BCUT2D eigenvalue weighted by Gasteiger charge is 2.12. The Balaban J connectivity index is 2.82. The summed E-state index contributed by atoms with van der Waals surface area (Å²) in [6.07, 6.45) is 0. The fourth-order valence-electron chi connectivity index (χ4n) is 1.23. The Morgan fingerprint density at radius 2 is 2.18 bits per heavy atom. The van der Waals surface area contributed by atoms with E-state index >= 15 is 0 Å². The first-order valence-corrected chi connectivity index (χ1v) is 5.20. The van der Waals surface area contributed by atoms with Crippen molar-refractivity contribution in [2.45, 2.75) is 13.5 Å². The highest BCUT2D eigenvalue weighted by molar-refractivity contribution is 5.43. The number of hydrogen-bond donors (Lipinski definition) is 2. The molecule has 6 heteroatoms. The van der Waals surface area contributed by atoms with Gasteiger partial charge in [0, 0.05) is 30.2 Å². The molecular formula is C11H15NO5. The van der Waals surface area contributed by atoms with E-state index in [1.54, 1.807) is 0 Å². The summed E-state index contributed by atoms with van der Waals surface area (Å²) in [6, 6.07) is 4.05. The second-order valence-electron chi connectivity index (χ2n) is 3.81. The van der Waals surface area contributed by atoms with E-state index in [0.717, 1.165) is 0 Å². The van der Waals surface area contributed by atoms with Gasteiger partial charge in [0.25, 0.3) is 5.69 Å². The lowest BCUT2D eigenvalue weighted by Crippen LogP contribution is -2.13. The topological polar surface area (TPSA) is 92.8 Å². The molecule has 17 heavy (non-hydrogen) atoms. The van der Waals surface area contributed by atoms with Crippen molar-refractivity contribution in [1.82, 2.24) is 0 Å². The summed E-state index contributed by atoms with van der Waals surface area (Å²) in [7, 11) is 0. The molecule has 6 nitrogen and oxygen atoms in total. The molecule has 0 aliphatic heterocycles. The summed E-state index contributed by atoms with van der Waals surface area (Å²) in [5.74, 6) is 0.370. The Morgan fingerprint density at radius 1 is 1.47 bits per heavy atom. The predicted octanol–water partition coefficient (Wildman–Crippen LogP) is 1.09. The maximum Gasteiger partial charge on any atom is 0.270 e. The molecule has 1 unspecified atom stereocenters. The van der Waals surface area contributed by atoms with E-state index in [0.29, 0.717) is 17.9 Å². The largest absolute Gasteiger partial charge is 0.493 e. The van der Waals surface area contributed by atoms with Gasteiger partial charge in [0.2, 0.25) is 0 Å². The van der Waals surface area contributed by atoms with E-state index < -0.39 is 4.92 Å². The maximum atomic E-state index is 10.5. The van der Waals surface area contributed by atoms with Crippen LogP contribution in [0.5, 0.6) is 5.75 Å². The van der Waals surface area contributed by atoms with Crippen molar-refractivity contribution in [1.29, 1.82) is 0 Å². The average Bonchev–Trinajstić information content (AvgIpc) is 2.35. The van der Waals surface area contributed by atoms with Crippen molar-refractivity contribution in [3.05, 3.63) is 33.9 Å². The van der Waals surface area contributed by atoms with Gasteiger partial charge in [0.15, 0.2) is 0 Å². The third kappa shape index (κ3) is 3.69. The molecule has 0 aliphatic rings. The normalized spacial score (nSPS) is 12.2. The summed E-state index contributed by atoms with van der Waals surface area (Å²) >= 11 is 0. The van der Waals surface area contributed by atoms with E-state index in [4.69, 9.17) is 14.9 Å². The second kappa shape index (κ2) is 6.17. The fraction of sp³-hybridized carbons (Fsp3) is 0.455. The first kappa shape index (κ1) is 13.4. The molecule has 0 amide bonds. The minimum absolute atomic E-state index is 0.00143. The lowest BCUT2D eigenvalue weighted by molar-refractivity contribution is -0.385. The van der Waals surface area contributed by atoms with Crippen LogP contribution in [0.1, 0.15) is 12.5 Å². The van der Waals surface area contributed by atoms with Crippen LogP contribution in [0.2, 0.25) is 0 Å². The highest BCUT2D eigenvalue weighted by Crippen LogP contribution is 2.24. The van der Waals surface area contributed by atoms with Crippen molar-refractivity contribution < 1.29 is 19.9 Å². The van der Waals surface area contributed by atoms with Gasteiger partial charge in [0.1, 0.15) is 5.75 Å². The van der Waals surface area contributed by atoms with Gasteiger partial charge in [-0.05, 0) is 6.07 Å². The number of rotatable bonds is 6. The Kier molecular flexibility index (Phi) is 4.86. The molecule has 2 N–H and O–H groups in total. The molecule has 0 aliphatic carbocycles. The van der Waals surface area contributed by atoms with Crippen molar-refractivity contribution in [2.75, 3.05) is 13.2 Å². The standard InChI is InChI=1S/C11H15NO5/c1-8(5-13)7-17-11-3-2-10(12(15)16)4-9(11)6-14/h2-4,8,13-14H,5-7H2,1H3. The second-order valence-corrected chi connectivity index (χ2v) is 3.81. The number of ether oxygens (including phenoxy) is 1. The zero-order valence-electron chi connectivity index (χ0n) is 9.50. The van der Waals surface area contributed by atoms with E-state index in [2.05, 4.69) is 0 Å². The third-order valence-electron chi connectivity index (χ3n) is 2.26. The number of non-ortho nitro benzene ring substituents is 1. The number of aliphatic hydroxyl groups is 2. The molecule has 1 atom stereocenters. The molecule has 1 rings (SSSR count). The highest BCUT2D eigenvalue weighted by atomic mass is 16.6. The van der Waals surface area contributed by atoms with Crippen molar-refractivity contribution in [2.24, 2.45) is 5.92 Å². The van der Waals surface area contributed by atoms with Crippen LogP contribution in [0, 0.1) is 16.0 Å². The van der Waals surface area contributed by atoms with Crippen molar-refractivity contribution in [3.63, 3.8) is 0 Å². The van der Waals surface area contributed by atoms with Crippen LogP contribution < -0.4 is 4.74 Å². The Bertz CT molecular complexity index is 393.